The highest BCUT2D eigenvalue weighted by atomic mass is 16.5. The minimum atomic E-state index is -0.585. The van der Waals surface area contributed by atoms with Crippen LogP contribution < -0.4 is 20.9 Å². The van der Waals surface area contributed by atoms with Gasteiger partial charge in [-0.3, -0.25) is 19.1 Å². The van der Waals surface area contributed by atoms with Gasteiger partial charge < -0.3 is 14.5 Å². The molecule has 33 heavy (non-hydrogen) atoms. The largest absolute Gasteiger partial charge is 0.495 e. The lowest BCUT2D eigenvalue weighted by atomic mass is 10.0. The van der Waals surface area contributed by atoms with Crippen LogP contribution in [-0.4, -0.2) is 58.6 Å². The van der Waals surface area contributed by atoms with Gasteiger partial charge in [-0.2, -0.15) is 0 Å². The molecule has 0 unspecified atom stereocenters. The number of anilines is 1. The average molecular weight is 452 g/mol. The Balaban J connectivity index is 1.70. The van der Waals surface area contributed by atoms with Gasteiger partial charge >= 0.3 is 5.69 Å². The first-order chi connectivity index (χ1) is 15.8. The second-order valence-electron chi connectivity index (χ2n) is 8.40. The normalized spacial score (nSPS) is 14.2. The van der Waals surface area contributed by atoms with Crippen molar-refractivity contribution in [1.29, 1.82) is 0 Å². The van der Waals surface area contributed by atoms with Crippen LogP contribution in [0.25, 0.3) is 11.0 Å². The summed E-state index contributed by atoms with van der Waals surface area (Å²) in [5, 5.41) is 0.165. The van der Waals surface area contributed by atoms with Crippen LogP contribution in [0, 0.1) is 0 Å². The minimum Gasteiger partial charge on any atom is -0.495 e. The number of rotatable bonds is 5. The van der Waals surface area contributed by atoms with E-state index < -0.39 is 11.2 Å². The van der Waals surface area contributed by atoms with Crippen molar-refractivity contribution in [3.63, 3.8) is 0 Å². The summed E-state index contributed by atoms with van der Waals surface area (Å²) in [4.78, 5) is 49.6. The molecule has 1 N–H and O–H groups in total. The van der Waals surface area contributed by atoms with Crippen LogP contribution >= 0.6 is 0 Å². The average Bonchev–Trinajstić information content (AvgIpc) is 2.83. The summed E-state index contributed by atoms with van der Waals surface area (Å²) in [5.74, 6) is 0.599. The number of carbonyl (C=O) groups is 1. The standard InChI is InChI=1S/C24H29N5O4/c1-5-29-21-20(22(30)26-24(29)32)16(14-17(25-21)15(2)3)23(31)28-12-10-27(11-13-28)18-8-6-7-9-19(18)33-4/h6-9,14-15H,5,10-13H2,1-4H3,(H,26,30,32). The molecule has 174 valence electrons. The molecule has 9 nitrogen and oxygen atoms in total. The van der Waals surface area contributed by atoms with Crippen LogP contribution in [0.4, 0.5) is 5.69 Å². The third kappa shape index (κ3) is 4.10. The fraction of sp³-hybridized carbons (Fsp3) is 0.417. The maximum Gasteiger partial charge on any atom is 0.329 e. The van der Waals surface area contributed by atoms with Crippen LogP contribution in [0.2, 0.25) is 0 Å². The van der Waals surface area contributed by atoms with Gasteiger partial charge in [0, 0.05) is 38.4 Å². The number of ether oxygens (including phenoxy) is 1. The third-order valence-corrected chi connectivity index (χ3v) is 6.10. The van der Waals surface area contributed by atoms with Gasteiger partial charge in [0.25, 0.3) is 11.5 Å². The Bertz CT molecular complexity index is 1300. The van der Waals surface area contributed by atoms with Crippen LogP contribution in [0.15, 0.2) is 39.9 Å². The van der Waals surface area contributed by atoms with E-state index in [1.807, 2.05) is 38.1 Å². The Kier molecular flexibility index (Phi) is 6.22. The van der Waals surface area contributed by atoms with E-state index in [0.717, 1.165) is 11.4 Å². The van der Waals surface area contributed by atoms with E-state index >= 15 is 0 Å². The molecule has 3 aromatic rings. The van der Waals surface area contributed by atoms with Crippen LogP contribution in [0.3, 0.4) is 0 Å². The number of methoxy groups -OCH3 is 1. The molecule has 0 aliphatic carbocycles. The van der Waals surface area contributed by atoms with Crippen molar-refractivity contribution in [1.82, 2.24) is 19.4 Å². The van der Waals surface area contributed by atoms with Gasteiger partial charge in [-0.05, 0) is 31.0 Å². The number of hydrogen-bond acceptors (Lipinski definition) is 6. The van der Waals surface area contributed by atoms with Gasteiger partial charge in [0.05, 0.1) is 23.7 Å². The molecular formula is C24H29N5O4. The lowest BCUT2D eigenvalue weighted by Crippen LogP contribution is -2.49. The van der Waals surface area contributed by atoms with Gasteiger partial charge in [0.1, 0.15) is 5.75 Å². The molecule has 0 saturated carbocycles. The molecule has 0 radical (unpaired) electrons. The number of hydrogen-bond donors (Lipinski definition) is 1. The summed E-state index contributed by atoms with van der Waals surface area (Å²) in [5.41, 5.74) is 1.11. The number of H-pyrrole nitrogens is 1. The number of nitrogens with zero attached hydrogens (tertiary/aromatic N) is 4. The van der Waals surface area contributed by atoms with E-state index in [4.69, 9.17) is 4.74 Å². The Morgan fingerprint density at radius 2 is 1.85 bits per heavy atom. The first-order valence-electron chi connectivity index (χ1n) is 11.2. The zero-order valence-electron chi connectivity index (χ0n) is 19.4. The first-order valence-corrected chi connectivity index (χ1v) is 11.2. The molecular weight excluding hydrogens is 422 g/mol. The van der Waals surface area contributed by atoms with Crippen molar-refractivity contribution in [2.75, 3.05) is 38.2 Å². The maximum atomic E-state index is 13.6. The number of fused-ring (bicyclic) bond motifs is 1. The zero-order chi connectivity index (χ0) is 23.7. The van der Waals surface area contributed by atoms with Crippen molar-refractivity contribution in [3.8, 4) is 5.75 Å². The molecule has 1 amide bonds. The summed E-state index contributed by atoms with van der Waals surface area (Å²) < 4.78 is 6.88. The Labute approximate surface area is 191 Å². The Morgan fingerprint density at radius 3 is 2.48 bits per heavy atom. The number of amides is 1. The number of aromatic amines is 1. The number of aromatic nitrogens is 3. The molecule has 4 rings (SSSR count). The molecule has 0 spiro atoms. The Morgan fingerprint density at radius 1 is 1.15 bits per heavy atom. The van der Waals surface area contributed by atoms with E-state index in [1.54, 1.807) is 25.0 Å². The quantitative estimate of drug-likeness (QED) is 0.638. The summed E-state index contributed by atoms with van der Waals surface area (Å²) in [6, 6.07) is 9.51. The molecule has 3 heterocycles. The molecule has 1 fully saturated rings. The van der Waals surface area contributed by atoms with Crippen molar-refractivity contribution >= 4 is 22.6 Å². The number of nitrogens with one attached hydrogen (secondary N) is 1. The van der Waals surface area contributed by atoms with E-state index in [2.05, 4.69) is 14.9 Å². The third-order valence-electron chi connectivity index (χ3n) is 6.10. The highest BCUT2D eigenvalue weighted by Crippen LogP contribution is 2.29. The minimum absolute atomic E-state index is 0.0306. The molecule has 1 aromatic carbocycles. The molecule has 1 aliphatic heterocycles. The van der Waals surface area contributed by atoms with Gasteiger partial charge in [0.15, 0.2) is 5.65 Å². The molecule has 1 saturated heterocycles. The summed E-state index contributed by atoms with van der Waals surface area (Å²) >= 11 is 0. The van der Waals surface area contributed by atoms with Crippen LogP contribution in [0.1, 0.15) is 42.7 Å². The van der Waals surface area contributed by atoms with E-state index in [0.29, 0.717) is 38.4 Å². The summed E-state index contributed by atoms with van der Waals surface area (Å²) in [6.07, 6.45) is 0. The van der Waals surface area contributed by atoms with Gasteiger partial charge in [-0.15, -0.1) is 0 Å². The van der Waals surface area contributed by atoms with E-state index in [-0.39, 0.29) is 28.4 Å². The van der Waals surface area contributed by atoms with Gasteiger partial charge in [-0.25, -0.2) is 9.78 Å². The highest BCUT2D eigenvalue weighted by Gasteiger charge is 2.27. The fourth-order valence-corrected chi connectivity index (χ4v) is 4.26. The highest BCUT2D eigenvalue weighted by molar-refractivity contribution is 6.05. The molecule has 9 heteroatoms. The maximum absolute atomic E-state index is 13.6. The van der Waals surface area contributed by atoms with Crippen molar-refractivity contribution < 1.29 is 9.53 Å². The predicted octanol–water partition coefficient (Wildman–Crippen LogP) is 2.20. The van der Waals surface area contributed by atoms with Crippen molar-refractivity contribution in [3.05, 3.63) is 62.4 Å². The van der Waals surface area contributed by atoms with E-state index in [9.17, 15) is 14.4 Å². The number of aryl methyl sites for hydroxylation is 1. The molecule has 2 aromatic heterocycles. The molecule has 1 aliphatic rings. The van der Waals surface area contributed by atoms with Crippen LogP contribution in [0.5, 0.6) is 5.75 Å². The second kappa shape index (κ2) is 9.09. The smallest absolute Gasteiger partial charge is 0.329 e. The van der Waals surface area contributed by atoms with Gasteiger partial charge in [-0.1, -0.05) is 26.0 Å². The number of pyridine rings is 1. The van der Waals surface area contributed by atoms with Crippen molar-refractivity contribution in [2.24, 2.45) is 0 Å². The molecule has 0 atom stereocenters. The lowest BCUT2D eigenvalue weighted by Gasteiger charge is -2.36. The number of para-hydroxylation sites is 2. The summed E-state index contributed by atoms with van der Waals surface area (Å²) in [7, 11) is 1.65. The lowest BCUT2D eigenvalue weighted by molar-refractivity contribution is 0.0748. The SMILES string of the molecule is CCn1c(=O)[nH]c(=O)c2c(C(=O)N3CCN(c4ccccc4OC)CC3)cc(C(C)C)nc21. The Hall–Kier alpha value is -3.62. The zero-order valence-corrected chi connectivity index (χ0v) is 19.4. The molecule has 0 bridgehead atoms. The summed E-state index contributed by atoms with van der Waals surface area (Å²) in [6.45, 7) is 8.37. The van der Waals surface area contributed by atoms with E-state index in [1.165, 1.54) is 4.57 Å². The number of piperazine rings is 1. The fourth-order valence-electron chi connectivity index (χ4n) is 4.26. The number of carbonyl (C=O) groups excluding carboxylic acids is 1. The van der Waals surface area contributed by atoms with Gasteiger partial charge in [0.2, 0.25) is 0 Å². The topological polar surface area (TPSA) is 101 Å². The number of benzene rings is 1. The second-order valence-corrected chi connectivity index (χ2v) is 8.40. The monoisotopic (exact) mass is 451 g/mol. The van der Waals surface area contributed by atoms with Crippen molar-refractivity contribution in [2.45, 2.75) is 33.2 Å². The predicted molar refractivity (Wildman–Crippen MR) is 127 cm³/mol. The first kappa shape index (κ1) is 22.6. The van der Waals surface area contributed by atoms with Crippen LogP contribution in [-0.2, 0) is 6.54 Å².